The van der Waals surface area contributed by atoms with Crippen LogP contribution < -0.4 is 5.73 Å². The van der Waals surface area contributed by atoms with Crippen molar-refractivity contribution in [3.8, 4) is 11.1 Å². The quantitative estimate of drug-likeness (QED) is 0.704. The van der Waals surface area contributed by atoms with Crippen LogP contribution in [-0.4, -0.2) is 9.97 Å². The molecule has 2 heterocycles. The predicted molar refractivity (Wildman–Crippen MR) is 74.1 cm³/mol. The van der Waals surface area contributed by atoms with Crippen LogP contribution in [-0.2, 0) is 0 Å². The van der Waals surface area contributed by atoms with Crippen LogP contribution in [0.15, 0.2) is 48.8 Å². The summed E-state index contributed by atoms with van der Waals surface area (Å²) in [5.41, 5.74) is 10.0. The Morgan fingerprint density at radius 3 is 2.72 bits per heavy atom. The summed E-state index contributed by atoms with van der Waals surface area (Å²) in [5, 5.41) is 1.11. The average Bonchev–Trinajstić information content (AvgIpc) is 2.38. The molecule has 3 rings (SSSR count). The Labute approximate surface area is 105 Å². The zero-order valence-corrected chi connectivity index (χ0v) is 10.1. The lowest BCUT2D eigenvalue weighted by Gasteiger charge is -2.09. The Morgan fingerprint density at radius 2 is 1.89 bits per heavy atom. The van der Waals surface area contributed by atoms with E-state index in [1.165, 1.54) is 0 Å². The molecular formula is C15H13N3. The lowest BCUT2D eigenvalue weighted by molar-refractivity contribution is 1.29. The number of rotatable bonds is 1. The van der Waals surface area contributed by atoms with E-state index in [0.717, 1.165) is 27.6 Å². The summed E-state index contributed by atoms with van der Waals surface area (Å²) in [4.78, 5) is 8.60. The zero-order valence-electron chi connectivity index (χ0n) is 10.1. The maximum atomic E-state index is 5.96. The van der Waals surface area contributed by atoms with Gasteiger partial charge in [-0.15, -0.1) is 0 Å². The fourth-order valence-electron chi connectivity index (χ4n) is 2.16. The first-order chi connectivity index (χ1) is 8.75. The highest BCUT2D eigenvalue weighted by molar-refractivity contribution is 5.86. The minimum absolute atomic E-state index is 0.548. The maximum Gasteiger partial charge on any atom is 0.131 e. The number of anilines is 1. The molecule has 0 spiro atoms. The fraction of sp³-hybridized carbons (Fsp3) is 0.0667. The molecule has 0 aliphatic rings. The normalized spacial score (nSPS) is 10.7. The molecule has 18 heavy (non-hydrogen) atoms. The standard InChI is InChI=1S/C15H13N3/c1-10-6-7-17-15(16)14(10)12-8-11-4-2-3-5-13(11)18-9-12/h2-9H,1H3,(H2,16,17). The first kappa shape index (κ1) is 10.7. The van der Waals surface area contributed by atoms with Crippen molar-refractivity contribution in [3.05, 3.63) is 54.4 Å². The summed E-state index contributed by atoms with van der Waals surface area (Å²) < 4.78 is 0. The molecule has 0 fully saturated rings. The van der Waals surface area contributed by atoms with Gasteiger partial charge >= 0.3 is 0 Å². The molecule has 3 heteroatoms. The second-order valence-electron chi connectivity index (χ2n) is 4.30. The SMILES string of the molecule is Cc1ccnc(N)c1-c1cnc2ccccc2c1. The third-order valence-electron chi connectivity index (χ3n) is 3.07. The van der Waals surface area contributed by atoms with Crippen LogP contribution in [0, 0.1) is 6.92 Å². The van der Waals surface area contributed by atoms with Gasteiger partial charge in [-0.1, -0.05) is 18.2 Å². The van der Waals surface area contributed by atoms with Crippen molar-refractivity contribution in [2.45, 2.75) is 6.92 Å². The molecule has 1 aromatic carbocycles. The number of aryl methyl sites for hydroxylation is 1. The van der Waals surface area contributed by atoms with Crippen molar-refractivity contribution in [2.24, 2.45) is 0 Å². The number of pyridine rings is 2. The number of fused-ring (bicyclic) bond motifs is 1. The molecular weight excluding hydrogens is 222 g/mol. The van der Waals surface area contributed by atoms with Gasteiger partial charge in [0.2, 0.25) is 0 Å². The van der Waals surface area contributed by atoms with Crippen LogP contribution in [0.4, 0.5) is 5.82 Å². The van der Waals surface area contributed by atoms with E-state index in [2.05, 4.69) is 16.0 Å². The van der Waals surface area contributed by atoms with Crippen LogP contribution in [0.3, 0.4) is 0 Å². The first-order valence-electron chi connectivity index (χ1n) is 5.82. The van der Waals surface area contributed by atoms with E-state index < -0.39 is 0 Å². The van der Waals surface area contributed by atoms with Crippen molar-refractivity contribution in [3.63, 3.8) is 0 Å². The van der Waals surface area contributed by atoms with Crippen molar-refractivity contribution in [1.82, 2.24) is 9.97 Å². The molecule has 0 unspecified atom stereocenters. The lowest BCUT2D eigenvalue weighted by atomic mass is 10.0. The summed E-state index contributed by atoms with van der Waals surface area (Å²) in [6, 6.07) is 12.1. The monoisotopic (exact) mass is 235 g/mol. The highest BCUT2D eigenvalue weighted by Gasteiger charge is 2.08. The van der Waals surface area contributed by atoms with Crippen LogP contribution >= 0.6 is 0 Å². The van der Waals surface area contributed by atoms with Crippen LogP contribution in [0.5, 0.6) is 0 Å². The molecule has 0 aliphatic carbocycles. The molecule has 88 valence electrons. The third-order valence-corrected chi connectivity index (χ3v) is 3.07. The van der Waals surface area contributed by atoms with Crippen molar-refractivity contribution >= 4 is 16.7 Å². The number of hydrogen-bond donors (Lipinski definition) is 1. The van der Waals surface area contributed by atoms with E-state index in [4.69, 9.17) is 5.73 Å². The number of nitrogens with zero attached hydrogens (tertiary/aromatic N) is 2. The molecule has 2 N–H and O–H groups in total. The summed E-state index contributed by atoms with van der Waals surface area (Å²) in [6.07, 6.45) is 3.57. The summed E-state index contributed by atoms with van der Waals surface area (Å²) >= 11 is 0. The van der Waals surface area contributed by atoms with Gasteiger partial charge < -0.3 is 5.73 Å². The Hall–Kier alpha value is -2.42. The topological polar surface area (TPSA) is 51.8 Å². The molecule has 2 aromatic heterocycles. The van der Waals surface area contributed by atoms with Crippen molar-refractivity contribution in [1.29, 1.82) is 0 Å². The van der Waals surface area contributed by atoms with Crippen molar-refractivity contribution < 1.29 is 0 Å². The van der Waals surface area contributed by atoms with Gasteiger partial charge in [-0.3, -0.25) is 4.98 Å². The minimum atomic E-state index is 0.548. The number of nitrogen functional groups attached to an aromatic ring is 1. The van der Waals surface area contributed by atoms with Gasteiger partial charge in [0.25, 0.3) is 0 Å². The second-order valence-corrected chi connectivity index (χ2v) is 4.30. The van der Waals surface area contributed by atoms with Gasteiger partial charge in [-0.2, -0.15) is 0 Å². The lowest BCUT2D eigenvalue weighted by Crippen LogP contribution is -1.96. The van der Waals surface area contributed by atoms with Gasteiger partial charge in [0, 0.05) is 28.9 Å². The summed E-state index contributed by atoms with van der Waals surface area (Å²) in [5.74, 6) is 0.548. The number of hydrogen-bond acceptors (Lipinski definition) is 3. The van der Waals surface area contributed by atoms with Crippen LogP contribution in [0.2, 0.25) is 0 Å². The molecule has 0 bridgehead atoms. The highest BCUT2D eigenvalue weighted by Crippen LogP contribution is 2.29. The van der Waals surface area contributed by atoms with E-state index >= 15 is 0 Å². The number of nitrogens with two attached hydrogens (primary N) is 1. The third kappa shape index (κ3) is 1.70. The smallest absolute Gasteiger partial charge is 0.131 e. The maximum absolute atomic E-state index is 5.96. The Kier molecular flexibility index (Phi) is 2.45. The summed E-state index contributed by atoms with van der Waals surface area (Å²) in [6.45, 7) is 2.03. The molecule has 3 aromatic rings. The fourth-order valence-corrected chi connectivity index (χ4v) is 2.16. The number of para-hydroxylation sites is 1. The molecule has 0 saturated heterocycles. The van der Waals surface area contributed by atoms with E-state index in [1.807, 2.05) is 43.5 Å². The predicted octanol–water partition coefficient (Wildman–Crippen LogP) is 3.19. The van der Waals surface area contributed by atoms with Gasteiger partial charge in [0.05, 0.1) is 5.52 Å². The van der Waals surface area contributed by atoms with Crippen LogP contribution in [0.25, 0.3) is 22.0 Å². The van der Waals surface area contributed by atoms with Gasteiger partial charge in [-0.05, 0) is 30.7 Å². The van der Waals surface area contributed by atoms with Gasteiger partial charge in [0.15, 0.2) is 0 Å². The largest absolute Gasteiger partial charge is 0.383 e. The van der Waals surface area contributed by atoms with E-state index in [9.17, 15) is 0 Å². The van der Waals surface area contributed by atoms with Crippen molar-refractivity contribution in [2.75, 3.05) is 5.73 Å². The zero-order chi connectivity index (χ0) is 12.5. The molecule has 0 saturated carbocycles. The van der Waals surface area contributed by atoms with E-state index in [-0.39, 0.29) is 0 Å². The average molecular weight is 235 g/mol. The highest BCUT2D eigenvalue weighted by atomic mass is 14.8. The van der Waals surface area contributed by atoms with Gasteiger partial charge in [-0.25, -0.2) is 4.98 Å². The molecule has 3 nitrogen and oxygen atoms in total. The second kappa shape index (κ2) is 4.11. The van der Waals surface area contributed by atoms with Crippen LogP contribution in [0.1, 0.15) is 5.56 Å². The summed E-state index contributed by atoms with van der Waals surface area (Å²) in [7, 11) is 0. The van der Waals surface area contributed by atoms with Gasteiger partial charge in [0.1, 0.15) is 5.82 Å². The minimum Gasteiger partial charge on any atom is -0.383 e. The molecule has 0 atom stereocenters. The Balaban J connectivity index is 2.26. The van der Waals surface area contributed by atoms with E-state index in [1.54, 1.807) is 6.20 Å². The van der Waals surface area contributed by atoms with E-state index in [0.29, 0.717) is 5.82 Å². The Bertz CT molecular complexity index is 700. The molecule has 0 amide bonds. The first-order valence-corrected chi connectivity index (χ1v) is 5.82. The number of aromatic nitrogens is 2. The molecule has 0 aliphatic heterocycles. The number of benzene rings is 1. The Morgan fingerprint density at radius 1 is 1.06 bits per heavy atom. The molecule has 0 radical (unpaired) electrons.